The normalized spacial score (nSPS) is 24.4. The van der Waals surface area contributed by atoms with Gasteiger partial charge in [-0.15, -0.1) is 0 Å². The summed E-state index contributed by atoms with van der Waals surface area (Å²) in [4.78, 5) is 37.0. The van der Waals surface area contributed by atoms with Gasteiger partial charge in [0.05, 0.1) is 4.92 Å². The summed E-state index contributed by atoms with van der Waals surface area (Å²) in [5.41, 5.74) is -0.0223. The van der Waals surface area contributed by atoms with Crippen LogP contribution in [0.2, 0.25) is 0 Å². The van der Waals surface area contributed by atoms with E-state index in [4.69, 9.17) is 4.74 Å². The van der Waals surface area contributed by atoms with Crippen LogP contribution in [0.3, 0.4) is 0 Å². The second-order valence-electron chi connectivity index (χ2n) is 6.72. The summed E-state index contributed by atoms with van der Waals surface area (Å²) in [5.74, 6) is 0.540. The Hall–Kier alpha value is -2.44. The van der Waals surface area contributed by atoms with Crippen LogP contribution in [0.5, 0.6) is 5.75 Å². The van der Waals surface area contributed by atoms with Gasteiger partial charge in [0, 0.05) is 37.1 Å². The fourth-order valence-electron chi connectivity index (χ4n) is 3.85. The number of benzene rings is 1. The summed E-state index contributed by atoms with van der Waals surface area (Å²) < 4.78 is 5.67. The highest BCUT2D eigenvalue weighted by Gasteiger charge is 2.41. The van der Waals surface area contributed by atoms with Crippen LogP contribution in [0.4, 0.5) is 5.69 Å². The minimum absolute atomic E-state index is 0.00888. The highest BCUT2D eigenvalue weighted by molar-refractivity contribution is 5.87. The highest BCUT2D eigenvalue weighted by Crippen LogP contribution is 2.34. The van der Waals surface area contributed by atoms with E-state index in [-0.39, 0.29) is 29.3 Å². The molecule has 25 heavy (non-hydrogen) atoms. The fraction of sp³-hybridized carbons (Fsp3) is 0.556. The first-order valence-electron chi connectivity index (χ1n) is 8.71. The molecule has 1 aromatic carbocycles. The number of likely N-dealkylation sites (tertiary alicyclic amines) is 1. The predicted octanol–water partition coefficient (Wildman–Crippen LogP) is 2.72. The number of hydrogen-bond donors (Lipinski definition) is 0. The summed E-state index contributed by atoms with van der Waals surface area (Å²) in [6, 6.07) is 5.67. The van der Waals surface area contributed by atoms with Crippen LogP contribution in [0.15, 0.2) is 24.3 Å². The van der Waals surface area contributed by atoms with Gasteiger partial charge in [-0.05, 0) is 31.9 Å². The molecule has 1 saturated carbocycles. The van der Waals surface area contributed by atoms with E-state index in [1.807, 2.05) is 0 Å². The second-order valence-corrected chi connectivity index (χ2v) is 6.72. The third kappa shape index (κ3) is 3.65. The molecular weight excluding hydrogens is 324 g/mol. The van der Waals surface area contributed by atoms with Crippen LogP contribution in [-0.2, 0) is 9.59 Å². The average molecular weight is 346 g/mol. The van der Waals surface area contributed by atoms with E-state index in [0.29, 0.717) is 18.7 Å². The molecule has 1 aliphatic carbocycles. The van der Waals surface area contributed by atoms with Gasteiger partial charge in [0.25, 0.3) is 11.6 Å². The second kappa shape index (κ2) is 7.21. The number of rotatable bonds is 4. The number of nitro benzene ring substituents is 1. The molecule has 1 aromatic rings. The minimum Gasteiger partial charge on any atom is -0.481 e. The summed E-state index contributed by atoms with van der Waals surface area (Å²) in [5, 5.41) is 10.7. The first-order chi connectivity index (χ1) is 12.0. The SMILES string of the molecule is C[C@@H](Oc1ccc([N+](=O)[O-])cc1)C(=O)N1CCC(=O)[C@@H]2CCCC[C@@H]21. The quantitative estimate of drug-likeness (QED) is 0.618. The average Bonchev–Trinajstić information content (AvgIpc) is 2.62. The number of carbonyl (C=O) groups is 2. The Morgan fingerprint density at radius 3 is 2.64 bits per heavy atom. The number of non-ortho nitro benzene ring substituents is 1. The molecule has 0 bridgehead atoms. The maximum Gasteiger partial charge on any atom is 0.269 e. The zero-order chi connectivity index (χ0) is 18.0. The molecule has 1 saturated heterocycles. The van der Waals surface area contributed by atoms with Crippen molar-refractivity contribution in [3.8, 4) is 5.75 Å². The van der Waals surface area contributed by atoms with Crippen molar-refractivity contribution >= 4 is 17.4 Å². The fourth-order valence-corrected chi connectivity index (χ4v) is 3.85. The van der Waals surface area contributed by atoms with Gasteiger partial charge in [-0.1, -0.05) is 12.8 Å². The number of piperidine rings is 1. The largest absolute Gasteiger partial charge is 0.481 e. The topological polar surface area (TPSA) is 89.8 Å². The number of Topliss-reactive ketones (excluding diaryl/α,β-unsaturated/α-hetero) is 1. The molecular formula is C18H22N2O5. The number of nitrogens with zero attached hydrogens (tertiary/aromatic N) is 2. The van der Waals surface area contributed by atoms with Crippen molar-refractivity contribution in [2.75, 3.05) is 6.54 Å². The van der Waals surface area contributed by atoms with Crippen molar-refractivity contribution in [2.45, 2.75) is 51.2 Å². The maximum atomic E-state index is 12.8. The lowest BCUT2D eigenvalue weighted by atomic mass is 9.77. The van der Waals surface area contributed by atoms with Gasteiger partial charge < -0.3 is 9.64 Å². The van der Waals surface area contributed by atoms with Gasteiger partial charge in [0.1, 0.15) is 11.5 Å². The Morgan fingerprint density at radius 1 is 1.28 bits per heavy atom. The van der Waals surface area contributed by atoms with Crippen LogP contribution in [0, 0.1) is 16.0 Å². The number of ether oxygens (including phenoxy) is 1. The Kier molecular flexibility index (Phi) is 5.01. The molecule has 2 aliphatic rings. The number of amides is 1. The molecule has 3 rings (SSSR count). The van der Waals surface area contributed by atoms with Crippen molar-refractivity contribution in [2.24, 2.45) is 5.92 Å². The first kappa shape index (κ1) is 17.4. The summed E-state index contributed by atoms with van der Waals surface area (Å²) in [7, 11) is 0. The van der Waals surface area contributed by atoms with E-state index in [2.05, 4.69) is 0 Å². The van der Waals surface area contributed by atoms with E-state index < -0.39 is 11.0 Å². The van der Waals surface area contributed by atoms with Crippen molar-refractivity contribution in [1.82, 2.24) is 4.90 Å². The van der Waals surface area contributed by atoms with Gasteiger partial charge in [0.15, 0.2) is 6.10 Å². The smallest absolute Gasteiger partial charge is 0.269 e. The standard InChI is InChI=1S/C18H22N2O5/c1-12(25-14-8-6-13(7-9-14)20(23)24)18(22)19-11-10-17(21)15-4-2-3-5-16(15)19/h6-9,12,15-16H,2-5,10-11H2,1H3/t12-,15-,16+/m1/s1. The summed E-state index contributed by atoms with van der Waals surface area (Å²) in [6.07, 6.45) is 3.53. The molecule has 0 radical (unpaired) electrons. The molecule has 7 nitrogen and oxygen atoms in total. The van der Waals surface area contributed by atoms with Gasteiger partial charge in [-0.25, -0.2) is 0 Å². The van der Waals surface area contributed by atoms with Crippen molar-refractivity contribution in [3.05, 3.63) is 34.4 Å². The summed E-state index contributed by atoms with van der Waals surface area (Å²) in [6.45, 7) is 2.13. The van der Waals surface area contributed by atoms with Crippen molar-refractivity contribution < 1.29 is 19.2 Å². The van der Waals surface area contributed by atoms with Gasteiger partial charge in [-0.2, -0.15) is 0 Å². The molecule has 1 amide bonds. The lowest BCUT2D eigenvalue weighted by molar-refractivity contribution is -0.384. The molecule has 2 fully saturated rings. The lowest BCUT2D eigenvalue weighted by Gasteiger charge is -2.43. The van der Waals surface area contributed by atoms with E-state index in [1.165, 1.54) is 24.3 Å². The van der Waals surface area contributed by atoms with Gasteiger partial charge in [0.2, 0.25) is 0 Å². The van der Waals surface area contributed by atoms with Gasteiger partial charge in [-0.3, -0.25) is 19.7 Å². The maximum absolute atomic E-state index is 12.8. The molecule has 0 unspecified atom stereocenters. The van der Waals surface area contributed by atoms with Crippen molar-refractivity contribution in [3.63, 3.8) is 0 Å². The highest BCUT2D eigenvalue weighted by atomic mass is 16.6. The van der Waals surface area contributed by atoms with Crippen molar-refractivity contribution in [1.29, 1.82) is 0 Å². The molecule has 0 N–H and O–H groups in total. The molecule has 0 aromatic heterocycles. The van der Waals surface area contributed by atoms with Crippen LogP contribution < -0.4 is 4.74 Å². The molecule has 1 aliphatic heterocycles. The third-order valence-corrected chi connectivity index (χ3v) is 5.13. The van der Waals surface area contributed by atoms with Crippen LogP contribution in [0.1, 0.15) is 39.0 Å². The molecule has 134 valence electrons. The predicted molar refractivity (Wildman–Crippen MR) is 90.3 cm³/mol. The number of carbonyl (C=O) groups excluding carboxylic acids is 2. The lowest BCUT2D eigenvalue weighted by Crippen LogP contribution is -2.56. The van der Waals surface area contributed by atoms with E-state index in [9.17, 15) is 19.7 Å². The van der Waals surface area contributed by atoms with Crippen LogP contribution >= 0.6 is 0 Å². The van der Waals surface area contributed by atoms with Crippen LogP contribution in [0.25, 0.3) is 0 Å². The van der Waals surface area contributed by atoms with E-state index in [1.54, 1.807) is 11.8 Å². The Bertz CT molecular complexity index is 673. The minimum atomic E-state index is -0.697. The Labute approximate surface area is 146 Å². The molecule has 1 heterocycles. The molecule has 3 atom stereocenters. The number of nitro groups is 1. The van der Waals surface area contributed by atoms with E-state index >= 15 is 0 Å². The van der Waals surface area contributed by atoms with E-state index in [0.717, 1.165) is 25.7 Å². The molecule has 7 heteroatoms. The summed E-state index contributed by atoms with van der Waals surface area (Å²) >= 11 is 0. The molecule has 0 spiro atoms. The number of ketones is 1. The third-order valence-electron chi connectivity index (χ3n) is 5.13. The number of hydrogen-bond acceptors (Lipinski definition) is 5. The number of fused-ring (bicyclic) bond motifs is 1. The Balaban J connectivity index is 1.67. The van der Waals surface area contributed by atoms with Crippen LogP contribution in [-0.4, -0.2) is 40.2 Å². The zero-order valence-corrected chi connectivity index (χ0v) is 14.2. The van der Waals surface area contributed by atoms with Gasteiger partial charge >= 0.3 is 0 Å². The zero-order valence-electron chi connectivity index (χ0n) is 14.2. The monoisotopic (exact) mass is 346 g/mol. The Morgan fingerprint density at radius 2 is 1.96 bits per heavy atom. The first-order valence-corrected chi connectivity index (χ1v) is 8.71.